The van der Waals surface area contributed by atoms with Gasteiger partial charge in [-0.05, 0) is 72.0 Å². The van der Waals surface area contributed by atoms with Crippen molar-refractivity contribution in [2.24, 2.45) is 0 Å². The number of hydrogen-bond donors (Lipinski definition) is 1. The minimum absolute atomic E-state index is 0.375. The van der Waals surface area contributed by atoms with Crippen LogP contribution in [0.4, 0.5) is 8.78 Å². The highest BCUT2D eigenvalue weighted by molar-refractivity contribution is 14.1. The maximum atomic E-state index is 14.1. The lowest BCUT2D eigenvalue weighted by Gasteiger charge is -2.20. The Labute approximate surface area is 135 Å². The molecule has 5 heteroatoms. The van der Waals surface area contributed by atoms with Gasteiger partial charge in [-0.2, -0.15) is 0 Å². The number of hydrogen-bond acceptors (Lipinski definition) is 1. The van der Waals surface area contributed by atoms with Crippen LogP contribution in [-0.4, -0.2) is 7.05 Å². The second-order valence-electron chi connectivity index (χ2n) is 4.51. The molecule has 0 radical (unpaired) electrons. The van der Waals surface area contributed by atoms with Crippen LogP contribution in [0.25, 0.3) is 0 Å². The Morgan fingerprint density at radius 2 is 1.80 bits per heavy atom. The van der Waals surface area contributed by atoms with E-state index in [9.17, 15) is 8.78 Å². The maximum Gasteiger partial charge on any atom is 0.131 e. The van der Waals surface area contributed by atoms with Crippen LogP contribution in [0.3, 0.4) is 0 Å². The molecule has 106 valence electrons. The molecule has 0 aliphatic rings. The van der Waals surface area contributed by atoms with Gasteiger partial charge in [-0.1, -0.05) is 11.6 Å². The highest BCUT2D eigenvalue weighted by Crippen LogP contribution is 2.31. The summed E-state index contributed by atoms with van der Waals surface area (Å²) >= 11 is 8.19. The first-order valence-corrected chi connectivity index (χ1v) is 7.47. The minimum atomic E-state index is -0.566. The first-order valence-electron chi connectivity index (χ1n) is 6.01. The summed E-state index contributed by atoms with van der Waals surface area (Å²) in [5.41, 5.74) is 1.69. The van der Waals surface area contributed by atoms with Gasteiger partial charge in [0.15, 0.2) is 0 Å². The number of nitrogens with one attached hydrogen (secondary N) is 1. The van der Waals surface area contributed by atoms with E-state index in [1.165, 1.54) is 6.07 Å². The van der Waals surface area contributed by atoms with Gasteiger partial charge < -0.3 is 5.32 Å². The first-order chi connectivity index (χ1) is 9.43. The van der Waals surface area contributed by atoms with E-state index in [-0.39, 0.29) is 6.04 Å². The molecule has 0 amide bonds. The molecule has 0 saturated heterocycles. The van der Waals surface area contributed by atoms with Crippen molar-refractivity contribution >= 4 is 34.2 Å². The fourth-order valence-corrected chi connectivity index (χ4v) is 2.94. The van der Waals surface area contributed by atoms with Gasteiger partial charge in [0.2, 0.25) is 0 Å². The van der Waals surface area contributed by atoms with E-state index in [0.29, 0.717) is 16.1 Å². The van der Waals surface area contributed by atoms with Crippen LogP contribution in [0.2, 0.25) is 5.02 Å². The number of rotatable bonds is 3. The number of benzene rings is 2. The third-order valence-electron chi connectivity index (χ3n) is 3.15. The average Bonchev–Trinajstić information content (AvgIpc) is 2.40. The van der Waals surface area contributed by atoms with E-state index < -0.39 is 11.6 Å². The molecule has 0 heterocycles. The maximum absolute atomic E-state index is 14.1. The van der Waals surface area contributed by atoms with Crippen molar-refractivity contribution in [2.45, 2.75) is 13.0 Å². The Kier molecular flexibility index (Phi) is 4.99. The molecule has 0 bridgehead atoms. The Morgan fingerprint density at radius 1 is 1.10 bits per heavy atom. The molecular formula is C15H13ClF2IN. The summed E-state index contributed by atoms with van der Waals surface area (Å²) in [5, 5.41) is 3.65. The molecule has 1 atom stereocenters. The fourth-order valence-electron chi connectivity index (χ4n) is 2.12. The van der Waals surface area contributed by atoms with Gasteiger partial charge in [-0.3, -0.25) is 0 Å². The summed E-state index contributed by atoms with van der Waals surface area (Å²) in [6.07, 6.45) is 0. The molecule has 2 aromatic rings. The van der Waals surface area contributed by atoms with Crippen molar-refractivity contribution in [1.29, 1.82) is 0 Å². The molecule has 1 N–H and O–H groups in total. The molecule has 0 aromatic heterocycles. The van der Waals surface area contributed by atoms with Gasteiger partial charge in [0, 0.05) is 20.2 Å². The Balaban J connectivity index is 2.58. The monoisotopic (exact) mass is 407 g/mol. The van der Waals surface area contributed by atoms with Crippen molar-refractivity contribution in [3.05, 3.63) is 67.2 Å². The zero-order valence-electron chi connectivity index (χ0n) is 11.0. The second-order valence-corrected chi connectivity index (χ2v) is 6.11. The molecule has 0 aliphatic heterocycles. The van der Waals surface area contributed by atoms with Crippen molar-refractivity contribution in [2.75, 3.05) is 7.05 Å². The molecule has 0 aliphatic carbocycles. The van der Waals surface area contributed by atoms with Gasteiger partial charge in [0.25, 0.3) is 0 Å². The molecular weight excluding hydrogens is 395 g/mol. The SMILES string of the molecule is CNC(c1cc(C)c(F)cc1F)c1cc(Cl)ccc1I. The Bertz CT molecular complexity index is 646. The molecule has 0 saturated carbocycles. The lowest BCUT2D eigenvalue weighted by Crippen LogP contribution is -2.20. The van der Waals surface area contributed by atoms with Gasteiger partial charge in [0.1, 0.15) is 11.6 Å². The molecule has 0 fully saturated rings. The third-order valence-corrected chi connectivity index (χ3v) is 4.36. The van der Waals surface area contributed by atoms with E-state index in [0.717, 1.165) is 15.2 Å². The van der Waals surface area contributed by atoms with Crippen LogP contribution in [0.5, 0.6) is 0 Å². The Hall–Kier alpha value is -0.720. The number of halogens is 4. The lowest BCUT2D eigenvalue weighted by atomic mass is 9.96. The van der Waals surface area contributed by atoms with Gasteiger partial charge >= 0.3 is 0 Å². The van der Waals surface area contributed by atoms with Crippen LogP contribution >= 0.6 is 34.2 Å². The Morgan fingerprint density at radius 3 is 2.45 bits per heavy atom. The fraction of sp³-hybridized carbons (Fsp3) is 0.200. The predicted molar refractivity (Wildman–Crippen MR) is 86.2 cm³/mol. The van der Waals surface area contributed by atoms with Crippen molar-refractivity contribution in [3.63, 3.8) is 0 Å². The van der Waals surface area contributed by atoms with Crippen molar-refractivity contribution < 1.29 is 8.78 Å². The highest BCUT2D eigenvalue weighted by Gasteiger charge is 2.20. The van der Waals surface area contributed by atoms with E-state index in [1.807, 2.05) is 6.07 Å². The predicted octanol–water partition coefficient (Wildman–Crippen LogP) is 4.84. The van der Waals surface area contributed by atoms with Crippen molar-refractivity contribution in [1.82, 2.24) is 5.32 Å². The zero-order chi connectivity index (χ0) is 14.9. The lowest BCUT2D eigenvalue weighted by molar-refractivity contribution is 0.547. The standard InChI is InChI=1S/C15H13ClF2IN/c1-8-5-10(13(18)7-12(8)17)15(20-2)11-6-9(16)3-4-14(11)19/h3-7,15,20H,1-2H3. The zero-order valence-corrected chi connectivity index (χ0v) is 13.9. The topological polar surface area (TPSA) is 12.0 Å². The minimum Gasteiger partial charge on any atom is -0.309 e. The normalized spacial score (nSPS) is 12.5. The number of aryl methyl sites for hydroxylation is 1. The average molecular weight is 408 g/mol. The summed E-state index contributed by atoms with van der Waals surface area (Å²) in [7, 11) is 1.74. The van der Waals surface area contributed by atoms with E-state index in [2.05, 4.69) is 27.9 Å². The van der Waals surface area contributed by atoms with E-state index in [1.54, 1.807) is 26.1 Å². The summed E-state index contributed by atoms with van der Waals surface area (Å²) in [4.78, 5) is 0. The third kappa shape index (κ3) is 3.13. The molecule has 1 nitrogen and oxygen atoms in total. The molecule has 2 aromatic carbocycles. The van der Waals surface area contributed by atoms with Crippen LogP contribution in [0.1, 0.15) is 22.7 Å². The smallest absolute Gasteiger partial charge is 0.131 e. The second kappa shape index (κ2) is 6.37. The van der Waals surface area contributed by atoms with Crippen LogP contribution in [-0.2, 0) is 0 Å². The van der Waals surface area contributed by atoms with E-state index >= 15 is 0 Å². The molecule has 0 spiro atoms. The molecule has 2 rings (SSSR count). The molecule has 20 heavy (non-hydrogen) atoms. The summed E-state index contributed by atoms with van der Waals surface area (Å²) in [6, 6.07) is 7.53. The van der Waals surface area contributed by atoms with Gasteiger partial charge in [0.05, 0.1) is 6.04 Å². The van der Waals surface area contributed by atoms with Gasteiger partial charge in [-0.15, -0.1) is 0 Å². The quantitative estimate of drug-likeness (QED) is 0.718. The highest BCUT2D eigenvalue weighted by atomic mass is 127. The molecule has 1 unspecified atom stereocenters. The van der Waals surface area contributed by atoms with Crippen LogP contribution < -0.4 is 5.32 Å². The first kappa shape index (κ1) is 15.7. The van der Waals surface area contributed by atoms with Crippen molar-refractivity contribution in [3.8, 4) is 0 Å². The van der Waals surface area contributed by atoms with Crippen LogP contribution in [0.15, 0.2) is 30.3 Å². The summed E-state index contributed by atoms with van der Waals surface area (Å²) in [5.74, 6) is -1.11. The van der Waals surface area contributed by atoms with Crippen LogP contribution in [0, 0.1) is 22.1 Å². The summed E-state index contributed by atoms with van der Waals surface area (Å²) in [6.45, 7) is 1.62. The summed E-state index contributed by atoms with van der Waals surface area (Å²) < 4.78 is 28.4. The largest absolute Gasteiger partial charge is 0.309 e. The van der Waals surface area contributed by atoms with E-state index in [4.69, 9.17) is 11.6 Å². The van der Waals surface area contributed by atoms with Gasteiger partial charge in [-0.25, -0.2) is 8.78 Å².